The first-order valence-corrected chi connectivity index (χ1v) is 7.07. The van der Waals surface area contributed by atoms with Gasteiger partial charge < -0.3 is 10.5 Å². The predicted molar refractivity (Wildman–Crippen MR) is 85.3 cm³/mol. The Balaban J connectivity index is 1.99. The third-order valence-corrected chi connectivity index (χ3v) is 3.30. The summed E-state index contributed by atoms with van der Waals surface area (Å²) in [5.74, 6) is 0.437. The van der Waals surface area contributed by atoms with Crippen LogP contribution in [0.1, 0.15) is 5.56 Å². The molecule has 21 heavy (non-hydrogen) atoms. The van der Waals surface area contributed by atoms with Crippen LogP contribution in [0.2, 0.25) is 10.0 Å². The molecule has 6 heteroatoms. The first-order chi connectivity index (χ1) is 10.1. The largest absolute Gasteiger partial charge is 0.417 e. The Morgan fingerprint density at radius 2 is 1.86 bits per heavy atom. The Morgan fingerprint density at radius 3 is 2.52 bits per heavy atom. The molecule has 0 saturated heterocycles. The predicted octanol–water partition coefficient (Wildman–Crippen LogP) is 4.11. The van der Waals surface area contributed by atoms with Crippen molar-refractivity contribution in [1.29, 1.82) is 0 Å². The molecule has 0 unspecified atom stereocenters. The molecule has 110 valence electrons. The summed E-state index contributed by atoms with van der Waals surface area (Å²) in [6.45, 7) is 0.577. The molecule has 1 amide bonds. The number of rotatable bonds is 4. The summed E-state index contributed by atoms with van der Waals surface area (Å²) in [4.78, 5) is 11.8. The molecule has 0 atom stereocenters. The molecule has 0 aliphatic heterocycles. The zero-order valence-electron chi connectivity index (χ0n) is 11.1. The number of amides is 1. The van der Waals surface area contributed by atoms with Gasteiger partial charge in [0.2, 0.25) is 0 Å². The molecular weight excluding hydrogens is 311 g/mol. The van der Waals surface area contributed by atoms with Crippen molar-refractivity contribution in [1.82, 2.24) is 0 Å². The van der Waals surface area contributed by atoms with Crippen LogP contribution in [0.5, 0.6) is 5.75 Å². The third-order valence-electron chi connectivity index (χ3n) is 2.73. The van der Waals surface area contributed by atoms with E-state index in [4.69, 9.17) is 33.7 Å². The zero-order valence-corrected chi connectivity index (χ0v) is 12.6. The monoisotopic (exact) mass is 324 g/mol. The fourth-order valence-electron chi connectivity index (χ4n) is 1.73. The second-order valence-electron chi connectivity index (χ2n) is 4.32. The normalized spacial score (nSPS) is 10.2. The fourth-order valence-corrected chi connectivity index (χ4v) is 2.06. The van der Waals surface area contributed by atoms with Gasteiger partial charge in [0.05, 0.1) is 10.7 Å². The van der Waals surface area contributed by atoms with Crippen molar-refractivity contribution >= 4 is 35.0 Å². The molecule has 2 aromatic carbocycles. The second-order valence-corrected chi connectivity index (χ2v) is 5.16. The number of nitrogens with two attached hydrogens (primary N) is 1. The average Bonchev–Trinajstić information content (AvgIpc) is 2.45. The van der Waals surface area contributed by atoms with Gasteiger partial charge in [0, 0.05) is 5.02 Å². The van der Waals surface area contributed by atoms with E-state index < -0.39 is 6.09 Å². The molecule has 0 radical (unpaired) electrons. The average molecular weight is 325 g/mol. The van der Waals surface area contributed by atoms with Crippen molar-refractivity contribution in [2.24, 2.45) is 5.73 Å². The molecule has 2 rings (SSSR count). The molecule has 4 nitrogen and oxygen atoms in total. The highest BCUT2D eigenvalue weighted by molar-refractivity contribution is 6.35. The van der Waals surface area contributed by atoms with Crippen LogP contribution in [0.25, 0.3) is 0 Å². The highest BCUT2D eigenvalue weighted by atomic mass is 35.5. The van der Waals surface area contributed by atoms with Crippen LogP contribution in [0.3, 0.4) is 0 Å². The molecule has 0 saturated carbocycles. The number of benzene rings is 2. The lowest BCUT2D eigenvalue weighted by molar-refractivity contribution is 0.215. The molecule has 2 aromatic rings. The van der Waals surface area contributed by atoms with E-state index in [1.165, 1.54) is 0 Å². The summed E-state index contributed by atoms with van der Waals surface area (Å²) in [6.07, 6.45) is 0.149. The molecule has 0 aromatic heterocycles. The van der Waals surface area contributed by atoms with Crippen LogP contribution in [0.4, 0.5) is 10.5 Å². The van der Waals surface area contributed by atoms with E-state index in [2.05, 4.69) is 5.32 Å². The number of hydrogen-bond donors (Lipinski definition) is 2. The van der Waals surface area contributed by atoms with Crippen LogP contribution in [0.15, 0.2) is 42.5 Å². The number of halogens is 2. The third kappa shape index (κ3) is 4.63. The lowest BCUT2D eigenvalue weighted by Crippen LogP contribution is -2.17. The summed E-state index contributed by atoms with van der Waals surface area (Å²) >= 11 is 11.8. The maximum absolute atomic E-state index is 11.8. The number of nitrogens with one attached hydrogen (secondary N) is 1. The van der Waals surface area contributed by atoms with E-state index in [-0.39, 0.29) is 0 Å². The maximum Gasteiger partial charge on any atom is 0.417 e. The van der Waals surface area contributed by atoms with Gasteiger partial charge in [-0.05, 0) is 48.9 Å². The van der Waals surface area contributed by atoms with Gasteiger partial charge in [-0.2, -0.15) is 0 Å². The number of carbonyl (C=O) groups is 1. The molecule has 0 spiro atoms. The van der Waals surface area contributed by atoms with Crippen LogP contribution >= 0.6 is 23.2 Å². The Hall–Kier alpha value is -1.75. The minimum Gasteiger partial charge on any atom is -0.410 e. The number of carbonyl (C=O) groups excluding carboxylic acids is 1. The summed E-state index contributed by atoms with van der Waals surface area (Å²) in [5, 5.41) is 3.40. The topological polar surface area (TPSA) is 64.3 Å². The van der Waals surface area contributed by atoms with Crippen molar-refractivity contribution in [3.63, 3.8) is 0 Å². The van der Waals surface area contributed by atoms with E-state index in [0.717, 1.165) is 12.0 Å². The zero-order chi connectivity index (χ0) is 15.2. The molecule has 0 heterocycles. The van der Waals surface area contributed by atoms with Crippen molar-refractivity contribution in [2.45, 2.75) is 6.42 Å². The lowest BCUT2D eigenvalue weighted by atomic mass is 10.1. The van der Waals surface area contributed by atoms with Crippen molar-refractivity contribution in [2.75, 3.05) is 11.9 Å². The number of hydrogen-bond acceptors (Lipinski definition) is 3. The van der Waals surface area contributed by atoms with Crippen LogP contribution in [-0.2, 0) is 6.42 Å². The summed E-state index contributed by atoms with van der Waals surface area (Å²) in [7, 11) is 0. The van der Waals surface area contributed by atoms with Gasteiger partial charge in [-0.15, -0.1) is 0 Å². The minimum atomic E-state index is -0.634. The fraction of sp³-hybridized carbons (Fsp3) is 0.133. The van der Waals surface area contributed by atoms with Gasteiger partial charge in [0.1, 0.15) is 5.75 Å². The van der Waals surface area contributed by atoms with Gasteiger partial charge in [-0.3, -0.25) is 5.32 Å². The van der Waals surface area contributed by atoms with Gasteiger partial charge >= 0.3 is 6.09 Å². The molecular formula is C15H14Cl2N2O2. The van der Waals surface area contributed by atoms with Crippen LogP contribution in [-0.4, -0.2) is 12.6 Å². The van der Waals surface area contributed by atoms with Crippen LogP contribution < -0.4 is 15.8 Å². The van der Waals surface area contributed by atoms with Gasteiger partial charge in [0.25, 0.3) is 0 Å². The highest BCUT2D eigenvalue weighted by Gasteiger charge is 2.08. The van der Waals surface area contributed by atoms with Gasteiger partial charge in [-0.1, -0.05) is 35.3 Å². The van der Waals surface area contributed by atoms with E-state index in [1.54, 1.807) is 30.3 Å². The Bertz CT molecular complexity index is 630. The van der Waals surface area contributed by atoms with Crippen molar-refractivity contribution in [3.8, 4) is 5.75 Å². The van der Waals surface area contributed by atoms with Crippen LogP contribution in [0, 0.1) is 0 Å². The molecule has 0 aliphatic carbocycles. The number of anilines is 1. The molecule has 0 bridgehead atoms. The quantitative estimate of drug-likeness (QED) is 0.889. The first kappa shape index (κ1) is 15.6. The molecule has 0 aliphatic rings. The van der Waals surface area contributed by atoms with Crippen molar-refractivity contribution < 1.29 is 9.53 Å². The second kappa shape index (κ2) is 7.31. The minimum absolute atomic E-state index is 0.384. The van der Waals surface area contributed by atoms with Crippen molar-refractivity contribution in [3.05, 3.63) is 58.1 Å². The smallest absolute Gasteiger partial charge is 0.410 e. The van der Waals surface area contributed by atoms with E-state index in [1.807, 2.05) is 12.1 Å². The highest BCUT2D eigenvalue weighted by Crippen LogP contribution is 2.25. The summed E-state index contributed by atoms with van der Waals surface area (Å²) < 4.78 is 5.16. The SMILES string of the molecule is NCCc1ccc(OC(=O)Nc2cc(Cl)ccc2Cl)cc1. The van der Waals surface area contributed by atoms with Gasteiger partial charge in [-0.25, -0.2) is 4.79 Å². The Kier molecular flexibility index (Phi) is 5.44. The molecule has 3 N–H and O–H groups in total. The van der Waals surface area contributed by atoms with E-state index in [9.17, 15) is 4.79 Å². The number of ether oxygens (including phenoxy) is 1. The lowest BCUT2D eigenvalue weighted by Gasteiger charge is -2.09. The summed E-state index contributed by atoms with van der Waals surface area (Å²) in [5.41, 5.74) is 6.96. The Labute approximate surface area is 132 Å². The molecule has 0 fully saturated rings. The first-order valence-electron chi connectivity index (χ1n) is 6.31. The standard InChI is InChI=1S/C15H14Cl2N2O2/c16-11-3-6-13(17)14(9-11)19-15(20)21-12-4-1-10(2-5-12)7-8-18/h1-6,9H,7-8,18H2,(H,19,20). The van der Waals surface area contributed by atoms with E-state index in [0.29, 0.717) is 28.0 Å². The van der Waals surface area contributed by atoms with Gasteiger partial charge in [0.15, 0.2) is 0 Å². The Morgan fingerprint density at radius 1 is 1.14 bits per heavy atom. The van der Waals surface area contributed by atoms with E-state index >= 15 is 0 Å². The maximum atomic E-state index is 11.8. The summed E-state index contributed by atoms with van der Waals surface area (Å²) in [6, 6.07) is 11.9.